The lowest BCUT2D eigenvalue weighted by molar-refractivity contribution is -0.148. The molecule has 3 rings (SSSR count). The number of carbonyl (C=O) groups excluding carboxylic acids is 1. The molecule has 120 valence electrons. The van der Waals surface area contributed by atoms with Crippen LogP contribution in [0.5, 0.6) is 0 Å². The molecule has 1 aromatic rings. The smallest absolute Gasteiger partial charge is 0.253 e. The van der Waals surface area contributed by atoms with Gasteiger partial charge >= 0.3 is 0 Å². The van der Waals surface area contributed by atoms with Crippen LogP contribution in [0, 0.1) is 0 Å². The van der Waals surface area contributed by atoms with E-state index in [4.69, 9.17) is 27.9 Å². The Morgan fingerprint density at radius 1 is 1.18 bits per heavy atom. The van der Waals surface area contributed by atoms with Gasteiger partial charge in [-0.1, -0.05) is 29.3 Å². The first kappa shape index (κ1) is 16.1. The molecule has 6 heteroatoms. The lowest BCUT2D eigenvalue weighted by atomic mass is 10.1. The summed E-state index contributed by atoms with van der Waals surface area (Å²) in [6, 6.07) is 5.67. The van der Waals surface area contributed by atoms with Crippen LogP contribution in [-0.2, 0) is 16.1 Å². The number of hydrogen-bond acceptors (Lipinski definition) is 3. The third-order valence-electron chi connectivity index (χ3n) is 4.23. The van der Waals surface area contributed by atoms with Crippen molar-refractivity contribution in [2.24, 2.45) is 0 Å². The van der Waals surface area contributed by atoms with Crippen molar-refractivity contribution in [3.05, 3.63) is 33.8 Å². The van der Waals surface area contributed by atoms with Gasteiger partial charge in [0.2, 0.25) is 0 Å². The van der Waals surface area contributed by atoms with E-state index in [-0.39, 0.29) is 12.0 Å². The highest BCUT2D eigenvalue weighted by molar-refractivity contribution is 6.42. The second-order valence-electron chi connectivity index (χ2n) is 5.88. The topological polar surface area (TPSA) is 32.8 Å². The van der Waals surface area contributed by atoms with E-state index in [9.17, 15) is 4.79 Å². The Labute approximate surface area is 140 Å². The fourth-order valence-corrected chi connectivity index (χ4v) is 3.35. The van der Waals surface area contributed by atoms with E-state index in [0.29, 0.717) is 23.2 Å². The van der Waals surface area contributed by atoms with Crippen molar-refractivity contribution in [2.45, 2.75) is 25.5 Å². The molecule has 0 aromatic heterocycles. The van der Waals surface area contributed by atoms with Crippen molar-refractivity contribution in [3.8, 4) is 0 Å². The van der Waals surface area contributed by atoms with Crippen LogP contribution in [0.25, 0.3) is 0 Å². The van der Waals surface area contributed by atoms with Crippen molar-refractivity contribution in [3.63, 3.8) is 0 Å². The SMILES string of the molecule is O=C(C1CN(Cc2ccc(Cl)c(Cl)c2)CCO1)N1CCCC1. The Hall–Kier alpha value is -0.810. The zero-order valence-corrected chi connectivity index (χ0v) is 13.9. The highest BCUT2D eigenvalue weighted by atomic mass is 35.5. The molecule has 2 aliphatic rings. The second-order valence-corrected chi connectivity index (χ2v) is 6.69. The molecule has 2 fully saturated rings. The van der Waals surface area contributed by atoms with E-state index in [1.807, 2.05) is 23.1 Å². The summed E-state index contributed by atoms with van der Waals surface area (Å²) in [6.07, 6.45) is 1.87. The van der Waals surface area contributed by atoms with E-state index in [2.05, 4.69) is 4.90 Å². The summed E-state index contributed by atoms with van der Waals surface area (Å²) >= 11 is 12.0. The molecule has 22 heavy (non-hydrogen) atoms. The Kier molecular flexibility index (Phi) is 5.24. The molecule has 2 saturated heterocycles. The molecule has 0 spiro atoms. The van der Waals surface area contributed by atoms with Gasteiger partial charge in [-0.25, -0.2) is 0 Å². The van der Waals surface area contributed by atoms with Crippen LogP contribution in [0.3, 0.4) is 0 Å². The van der Waals surface area contributed by atoms with Gasteiger partial charge in [0.1, 0.15) is 6.10 Å². The van der Waals surface area contributed by atoms with Crippen molar-refractivity contribution in [2.75, 3.05) is 32.8 Å². The molecule has 0 radical (unpaired) electrons. The van der Waals surface area contributed by atoms with Gasteiger partial charge in [0, 0.05) is 32.7 Å². The number of carbonyl (C=O) groups is 1. The lowest BCUT2D eigenvalue weighted by Crippen LogP contribution is -2.50. The summed E-state index contributed by atoms with van der Waals surface area (Å²) in [6.45, 7) is 4.53. The molecule has 1 amide bonds. The molecule has 1 aromatic carbocycles. The summed E-state index contributed by atoms with van der Waals surface area (Å²) in [5, 5.41) is 1.13. The minimum Gasteiger partial charge on any atom is -0.366 e. The predicted molar refractivity (Wildman–Crippen MR) is 87.3 cm³/mol. The molecule has 0 bridgehead atoms. The third kappa shape index (κ3) is 3.74. The van der Waals surface area contributed by atoms with Gasteiger partial charge in [0.05, 0.1) is 16.7 Å². The van der Waals surface area contributed by atoms with Crippen LogP contribution in [0.15, 0.2) is 18.2 Å². The first-order chi connectivity index (χ1) is 10.6. The van der Waals surface area contributed by atoms with Gasteiger partial charge in [0.15, 0.2) is 0 Å². The number of morpholine rings is 1. The summed E-state index contributed by atoms with van der Waals surface area (Å²) in [7, 11) is 0. The molecule has 2 aliphatic heterocycles. The molecule has 1 unspecified atom stereocenters. The predicted octanol–water partition coefficient (Wildman–Crippen LogP) is 2.82. The maximum absolute atomic E-state index is 12.4. The van der Waals surface area contributed by atoms with Crippen LogP contribution >= 0.6 is 23.2 Å². The summed E-state index contributed by atoms with van der Waals surface area (Å²) in [5.74, 6) is 0.135. The first-order valence-electron chi connectivity index (χ1n) is 7.70. The quantitative estimate of drug-likeness (QED) is 0.846. The Morgan fingerprint density at radius 2 is 1.95 bits per heavy atom. The zero-order chi connectivity index (χ0) is 15.5. The highest BCUT2D eigenvalue weighted by Gasteiger charge is 2.31. The standard InChI is InChI=1S/C16H20Cl2N2O2/c17-13-4-3-12(9-14(13)18)10-19-7-8-22-15(11-19)16(21)20-5-1-2-6-20/h3-4,9,15H,1-2,5-8,10-11H2. The van der Waals surface area contributed by atoms with Crippen LogP contribution in [0.1, 0.15) is 18.4 Å². The summed E-state index contributed by atoms with van der Waals surface area (Å²) in [4.78, 5) is 16.6. The van der Waals surface area contributed by atoms with Gasteiger partial charge in [-0.15, -0.1) is 0 Å². The van der Waals surface area contributed by atoms with E-state index < -0.39 is 0 Å². The molecular weight excluding hydrogens is 323 g/mol. The highest BCUT2D eigenvalue weighted by Crippen LogP contribution is 2.24. The third-order valence-corrected chi connectivity index (χ3v) is 4.97. The summed E-state index contributed by atoms with van der Waals surface area (Å²) in [5.41, 5.74) is 1.10. The van der Waals surface area contributed by atoms with Crippen molar-refractivity contribution in [1.82, 2.24) is 9.80 Å². The largest absolute Gasteiger partial charge is 0.366 e. The fourth-order valence-electron chi connectivity index (χ4n) is 3.03. The zero-order valence-electron chi connectivity index (χ0n) is 12.4. The number of halogens is 2. The minimum absolute atomic E-state index is 0.135. The average Bonchev–Trinajstić information content (AvgIpc) is 3.05. The molecule has 0 N–H and O–H groups in total. The number of likely N-dealkylation sites (tertiary alicyclic amines) is 1. The molecule has 0 aliphatic carbocycles. The first-order valence-corrected chi connectivity index (χ1v) is 8.46. The monoisotopic (exact) mass is 342 g/mol. The average molecular weight is 343 g/mol. The van der Waals surface area contributed by atoms with Crippen LogP contribution in [-0.4, -0.2) is 54.6 Å². The van der Waals surface area contributed by atoms with E-state index in [1.165, 1.54) is 0 Å². The Morgan fingerprint density at radius 3 is 2.68 bits per heavy atom. The minimum atomic E-state index is -0.338. The van der Waals surface area contributed by atoms with Crippen molar-refractivity contribution >= 4 is 29.1 Å². The molecule has 4 nitrogen and oxygen atoms in total. The number of benzene rings is 1. The molecule has 2 heterocycles. The van der Waals surface area contributed by atoms with Gasteiger partial charge in [-0.3, -0.25) is 9.69 Å². The van der Waals surface area contributed by atoms with E-state index >= 15 is 0 Å². The van der Waals surface area contributed by atoms with Crippen LogP contribution < -0.4 is 0 Å². The number of nitrogens with zero attached hydrogens (tertiary/aromatic N) is 2. The molecular formula is C16H20Cl2N2O2. The number of ether oxygens (including phenoxy) is 1. The lowest BCUT2D eigenvalue weighted by Gasteiger charge is -2.34. The van der Waals surface area contributed by atoms with Gasteiger partial charge in [-0.05, 0) is 30.5 Å². The number of amides is 1. The van der Waals surface area contributed by atoms with Gasteiger partial charge in [-0.2, -0.15) is 0 Å². The second kappa shape index (κ2) is 7.18. The van der Waals surface area contributed by atoms with Crippen molar-refractivity contribution < 1.29 is 9.53 Å². The van der Waals surface area contributed by atoms with E-state index in [0.717, 1.165) is 44.6 Å². The fraction of sp³-hybridized carbons (Fsp3) is 0.562. The van der Waals surface area contributed by atoms with Crippen molar-refractivity contribution in [1.29, 1.82) is 0 Å². The maximum atomic E-state index is 12.4. The Balaban J connectivity index is 1.60. The normalized spacial score (nSPS) is 23.0. The van der Waals surface area contributed by atoms with Crippen LogP contribution in [0.4, 0.5) is 0 Å². The van der Waals surface area contributed by atoms with E-state index in [1.54, 1.807) is 0 Å². The maximum Gasteiger partial charge on any atom is 0.253 e. The number of hydrogen-bond donors (Lipinski definition) is 0. The summed E-state index contributed by atoms with van der Waals surface area (Å²) < 4.78 is 5.68. The number of rotatable bonds is 3. The van der Waals surface area contributed by atoms with Gasteiger partial charge < -0.3 is 9.64 Å². The van der Waals surface area contributed by atoms with Crippen LogP contribution in [0.2, 0.25) is 10.0 Å². The van der Waals surface area contributed by atoms with Gasteiger partial charge in [0.25, 0.3) is 5.91 Å². The molecule has 0 saturated carbocycles. The molecule has 1 atom stereocenters. The Bertz CT molecular complexity index is 547.